The molecule has 1 aliphatic heterocycles. The van der Waals surface area contributed by atoms with Gasteiger partial charge in [0, 0.05) is 5.56 Å². The molecule has 112 valence electrons. The first-order chi connectivity index (χ1) is 10.6. The summed E-state index contributed by atoms with van der Waals surface area (Å²) in [5, 5.41) is 0. The van der Waals surface area contributed by atoms with E-state index in [2.05, 4.69) is 0 Å². The van der Waals surface area contributed by atoms with Crippen molar-refractivity contribution in [2.24, 2.45) is 5.73 Å². The monoisotopic (exact) mass is 299 g/mol. The second-order valence-electron chi connectivity index (χ2n) is 4.71. The largest absolute Gasteiger partial charge is 0.457 e. The number of benzene rings is 2. The second kappa shape index (κ2) is 5.77. The van der Waals surface area contributed by atoms with Gasteiger partial charge in [0.25, 0.3) is 0 Å². The predicted molar refractivity (Wildman–Crippen MR) is 76.6 cm³/mol. The van der Waals surface area contributed by atoms with Gasteiger partial charge in [0.05, 0.1) is 5.56 Å². The van der Waals surface area contributed by atoms with E-state index >= 15 is 0 Å². The number of carbonyl (C=O) groups excluding carboxylic acids is 2. The molecule has 1 aliphatic rings. The maximum Gasteiger partial charge on any atom is 0.338 e. The molecular weight excluding hydrogens is 286 g/mol. The van der Waals surface area contributed by atoms with Crippen LogP contribution in [0.25, 0.3) is 0 Å². The molecule has 0 bridgehead atoms. The summed E-state index contributed by atoms with van der Waals surface area (Å²) in [5.74, 6) is 0.181. The van der Waals surface area contributed by atoms with Crippen molar-refractivity contribution >= 4 is 11.9 Å². The molecular formula is C16H13NO5. The van der Waals surface area contributed by atoms with Crippen LogP contribution in [0.5, 0.6) is 11.5 Å². The highest BCUT2D eigenvalue weighted by molar-refractivity contribution is 5.92. The molecule has 6 nitrogen and oxygen atoms in total. The van der Waals surface area contributed by atoms with E-state index < -0.39 is 11.9 Å². The molecule has 0 saturated carbocycles. The zero-order valence-electron chi connectivity index (χ0n) is 11.6. The van der Waals surface area contributed by atoms with E-state index in [0.29, 0.717) is 22.6 Å². The molecule has 3 rings (SSSR count). The lowest BCUT2D eigenvalue weighted by Gasteiger charge is -2.06. The smallest absolute Gasteiger partial charge is 0.338 e. The average Bonchev–Trinajstić information content (AvgIpc) is 3.00. The number of rotatable bonds is 4. The molecule has 0 spiro atoms. The number of esters is 1. The number of hydrogen-bond donors (Lipinski definition) is 1. The van der Waals surface area contributed by atoms with Gasteiger partial charge in [0.1, 0.15) is 6.61 Å². The van der Waals surface area contributed by atoms with Crippen molar-refractivity contribution < 1.29 is 23.8 Å². The minimum Gasteiger partial charge on any atom is -0.457 e. The Balaban J connectivity index is 1.63. The SMILES string of the molecule is NC(=O)c1ccc(COC(=O)c2ccc3c(c2)OCO3)cc1. The van der Waals surface area contributed by atoms with E-state index in [4.69, 9.17) is 19.9 Å². The van der Waals surface area contributed by atoms with Gasteiger partial charge in [-0.15, -0.1) is 0 Å². The lowest BCUT2D eigenvalue weighted by atomic mass is 10.1. The highest BCUT2D eigenvalue weighted by Gasteiger charge is 2.17. The number of hydrogen-bond acceptors (Lipinski definition) is 5. The summed E-state index contributed by atoms with van der Waals surface area (Å²) in [6, 6.07) is 11.4. The average molecular weight is 299 g/mol. The first kappa shape index (κ1) is 13.9. The lowest BCUT2D eigenvalue weighted by molar-refractivity contribution is 0.0472. The zero-order valence-corrected chi connectivity index (χ0v) is 11.6. The number of ether oxygens (including phenoxy) is 3. The third-order valence-electron chi connectivity index (χ3n) is 3.22. The fourth-order valence-electron chi connectivity index (χ4n) is 2.02. The Labute approximate surface area is 126 Å². The summed E-state index contributed by atoms with van der Waals surface area (Å²) in [4.78, 5) is 23.0. The van der Waals surface area contributed by atoms with Gasteiger partial charge >= 0.3 is 5.97 Å². The van der Waals surface area contributed by atoms with Gasteiger partial charge in [-0.1, -0.05) is 12.1 Å². The predicted octanol–water partition coefficient (Wildman–Crippen LogP) is 1.87. The van der Waals surface area contributed by atoms with Crippen LogP contribution in [-0.4, -0.2) is 18.7 Å². The van der Waals surface area contributed by atoms with Gasteiger partial charge in [-0.25, -0.2) is 4.79 Å². The lowest BCUT2D eigenvalue weighted by Crippen LogP contribution is -2.11. The minimum absolute atomic E-state index is 0.103. The maximum atomic E-state index is 12.0. The molecule has 2 N–H and O–H groups in total. The molecule has 0 aromatic heterocycles. The number of primary amides is 1. The number of nitrogens with two attached hydrogens (primary N) is 1. The molecule has 0 fully saturated rings. The summed E-state index contributed by atoms with van der Waals surface area (Å²) in [7, 11) is 0. The molecule has 22 heavy (non-hydrogen) atoms. The molecule has 2 aromatic carbocycles. The van der Waals surface area contributed by atoms with Gasteiger partial charge in [-0.05, 0) is 35.9 Å². The van der Waals surface area contributed by atoms with Crippen molar-refractivity contribution in [3.05, 3.63) is 59.2 Å². The van der Waals surface area contributed by atoms with Crippen LogP contribution >= 0.6 is 0 Å². The fraction of sp³-hybridized carbons (Fsp3) is 0.125. The Bertz CT molecular complexity index is 724. The second-order valence-corrected chi connectivity index (χ2v) is 4.71. The maximum absolute atomic E-state index is 12.0. The van der Waals surface area contributed by atoms with Crippen molar-refractivity contribution in [1.29, 1.82) is 0 Å². The molecule has 0 saturated heterocycles. The molecule has 0 aliphatic carbocycles. The van der Waals surface area contributed by atoms with Crippen molar-refractivity contribution in [1.82, 2.24) is 0 Å². The van der Waals surface area contributed by atoms with Crippen LogP contribution in [0.3, 0.4) is 0 Å². The highest BCUT2D eigenvalue weighted by atomic mass is 16.7. The summed E-state index contributed by atoms with van der Waals surface area (Å²) < 4.78 is 15.6. The Morgan fingerprint density at radius 1 is 1.00 bits per heavy atom. The molecule has 0 unspecified atom stereocenters. The van der Waals surface area contributed by atoms with Crippen molar-refractivity contribution in [3.8, 4) is 11.5 Å². The van der Waals surface area contributed by atoms with Crippen LogP contribution in [0.4, 0.5) is 0 Å². The van der Waals surface area contributed by atoms with E-state index in [1.54, 1.807) is 42.5 Å². The van der Waals surface area contributed by atoms with Gasteiger partial charge < -0.3 is 19.9 Å². The van der Waals surface area contributed by atoms with E-state index in [0.717, 1.165) is 5.56 Å². The van der Waals surface area contributed by atoms with Gasteiger partial charge in [0.15, 0.2) is 11.5 Å². The topological polar surface area (TPSA) is 87.9 Å². The molecule has 1 amide bonds. The summed E-state index contributed by atoms with van der Waals surface area (Å²) >= 11 is 0. The van der Waals surface area contributed by atoms with Crippen LogP contribution in [0.2, 0.25) is 0 Å². The van der Waals surface area contributed by atoms with Crippen LogP contribution < -0.4 is 15.2 Å². The standard InChI is InChI=1S/C16H13NO5/c17-15(18)11-3-1-10(2-4-11)8-20-16(19)12-5-6-13-14(7-12)22-9-21-13/h1-7H,8-9H2,(H2,17,18). The number of carbonyl (C=O) groups is 2. The van der Waals surface area contributed by atoms with E-state index in [1.807, 2.05) is 0 Å². The Kier molecular flexibility index (Phi) is 3.65. The van der Waals surface area contributed by atoms with E-state index in [1.165, 1.54) is 0 Å². The third kappa shape index (κ3) is 2.85. The Morgan fingerprint density at radius 2 is 1.68 bits per heavy atom. The summed E-state index contributed by atoms with van der Waals surface area (Å²) in [6.07, 6.45) is 0. The Hall–Kier alpha value is -3.02. The van der Waals surface area contributed by atoms with E-state index in [9.17, 15) is 9.59 Å². The van der Waals surface area contributed by atoms with Gasteiger partial charge in [-0.2, -0.15) is 0 Å². The summed E-state index contributed by atoms with van der Waals surface area (Å²) in [6.45, 7) is 0.256. The molecule has 1 heterocycles. The van der Waals surface area contributed by atoms with Gasteiger partial charge in [-0.3, -0.25) is 4.79 Å². The van der Waals surface area contributed by atoms with Crippen LogP contribution in [-0.2, 0) is 11.3 Å². The summed E-state index contributed by atoms with van der Waals surface area (Å²) in [5.41, 5.74) is 6.72. The van der Waals surface area contributed by atoms with Crippen LogP contribution in [0, 0.1) is 0 Å². The van der Waals surface area contributed by atoms with Crippen molar-refractivity contribution in [2.45, 2.75) is 6.61 Å². The van der Waals surface area contributed by atoms with Crippen molar-refractivity contribution in [2.75, 3.05) is 6.79 Å². The zero-order chi connectivity index (χ0) is 15.5. The molecule has 0 radical (unpaired) electrons. The number of fused-ring (bicyclic) bond motifs is 1. The molecule has 2 aromatic rings. The third-order valence-corrected chi connectivity index (χ3v) is 3.22. The normalized spacial score (nSPS) is 12.0. The van der Waals surface area contributed by atoms with E-state index in [-0.39, 0.29) is 13.4 Å². The fourth-order valence-corrected chi connectivity index (χ4v) is 2.02. The quantitative estimate of drug-likeness (QED) is 0.871. The first-order valence-electron chi connectivity index (χ1n) is 6.59. The molecule has 6 heteroatoms. The first-order valence-corrected chi connectivity index (χ1v) is 6.59. The van der Waals surface area contributed by atoms with Crippen LogP contribution in [0.1, 0.15) is 26.3 Å². The molecule has 0 atom stereocenters. The highest BCUT2D eigenvalue weighted by Crippen LogP contribution is 2.32. The Morgan fingerprint density at radius 3 is 2.41 bits per heavy atom. The minimum atomic E-state index is -0.496. The van der Waals surface area contributed by atoms with Gasteiger partial charge in [0.2, 0.25) is 12.7 Å². The number of amides is 1. The van der Waals surface area contributed by atoms with Crippen LogP contribution in [0.15, 0.2) is 42.5 Å². The van der Waals surface area contributed by atoms with Crippen molar-refractivity contribution in [3.63, 3.8) is 0 Å².